The Morgan fingerprint density at radius 1 is 1.30 bits per heavy atom. The van der Waals surface area contributed by atoms with Gasteiger partial charge in [0.05, 0.1) is 19.4 Å². The summed E-state index contributed by atoms with van der Waals surface area (Å²) in [6.07, 6.45) is 4.20. The van der Waals surface area contributed by atoms with Gasteiger partial charge >= 0.3 is 0 Å². The smallest absolute Gasteiger partial charge is 0.233 e. The van der Waals surface area contributed by atoms with Crippen LogP contribution in [-0.2, 0) is 4.74 Å². The Kier molecular flexibility index (Phi) is 4.99. The highest BCUT2D eigenvalue weighted by Crippen LogP contribution is 2.33. The van der Waals surface area contributed by atoms with E-state index in [0.29, 0.717) is 23.4 Å². The second-order valence-electron chi connectivity index (χ2n) is 6.32. The number of hydrogen-bond acceptors (Lipinski definition) is 6. The normalized spacial score (nSPS) is 24.3. The molecule has 0 unspecified atom stereocenters. The van der Waals surface area contributed by atoms with E-state index in [0.717, 1.165) is 38.5 Å². The number of nitriles is 1. The average Bonchev–Trinajstić information content (AvgIpc) is 2.90. The van der Waals surface area contributed by atoms with E-state index in [2.05, 4.69) is 20.9 Å². The summed E-state index contributed by atoms with van der Waals surface area (Å²) in [4.78, 5) is 9.05. The first-order valence-corrected chi connectivity index (χ1v) is 8.17. The lowest BCUT2D eigenvalue weighted by Crippen LogP contribution is -2.45. The van der Waals surface area contributed by atoms with Crippen molar-refractivity contribution < 1.29 is 9.47 Å². The highest BCUT2D eigenvalue weighted by Gasteiger charge is 2.35. The second kappa shape index (κ2) is 7.16. The van der Waals surface area contributed by atoms with Crippen LogP contribution in [0.15, 0.2) is 12.3 Å². The third-order valence-corrected chi connectivity index (χ3v) is 4.95. The van der Waals surface area contributed by atoms with Crippen LogP contribution in [0.4, 0.5) is 5.69 Å². The van der Waals surface area contributed by atoms with Gasteiger partial charge in [-0.3, -0.25) is 4.90 Å². The minimum Gasteiger partial charge on any atom is -0.480 e. The van der Waals surface area contributed by atoms with Gasteiger partial charge in [-0.1, -0.05) is 0 Å². The van der Waals surface area contributed by atoms with E-state index in [1.54, 1.807) is 20.4 Å². The lowest BCUT2D eigenvalue weighted by molar-refractivity contribution is 0.0889. The summed E-state index contributed by atoms with van der Waals surface area (Å²) in [5.41, 5.74) is 1.49. The van der Waals surface area contributed by atoms with Gasteiger partial charge in [-0.05, 0) is 24.8 Å². The van der Waals surface area contributed by atoms with Crippen molar-refractivity contribution in [1.29, 1.82) is 5.26 Å². The first kappa shape index (κ1) is 16.0. The van der Waals surface area contributed by atoms with E-state index < -0.39 is 0 Å². The summed E-state index contributed by atoms with van der Waals surface area (Å²) in [5, 5.41) is 9.52. The van der Waals surface area contributed by atoms with E-state index in [4.69, 9.17) is 9.47 Å². The van der Waals surface area contributed by atoms with Gasteiger partial charge in [0.25, 0.3) is 0 Å². The summed E-state index contributed by atoms with van der Waals surface area (Å²) in [6, 6.07) is 4.72. The number of methoxy groups -OCH3 is 2. The molecule has 4 heterocycles. The van der Waals surface area contributed by atoms with Gasteiger partial charge in [-0.25, -0.2) is 4.98 Å². The zero-order valence-corrected chi connectivity index (χ0v) is 13.9. The molecule has 23 heavy (non-hydrogen) atoms. The second-order valence-corrected chi connectivity index (χ2v) is 6.32. The molecule has 1 aromatic rings. The van der Waals surface area contributed by atoms with Crippen molar-refractivity contribution in [3.63, 3.8) is 0 Å². The van der Waals surface area contributed by atoms with Gasteiger partial charge in [0, 0.05) is 45.5 Å². The van der Waals surface area contributed by atoms with Crippen molar-refractivity contribution in [1.82, 2.24) is 9.88 Å². The van der Waals surface area contributed by atoms with Gasteiger partial charge in [0.1, 0.15) is 11.6 Å². The highest BCUT2D eigenvalue weighted by atomic mass is 16.5. The number of anilines is 1. The Morgan fingerprint density at radius 3 is 2.91 bits per heavy atom. The molecule has 0 aliphatic carbocycles. The molecule has 4 rings (SSSR count). The monoisotopic (exact) mass is 316 g/mol. The van der Waals surface area contributed by atoms with Crippen LogP contribution in [-0.4, -0.2) is 62.9 Å². The van der Waals surface area contributed by atoms with E-state index in [1.807, 2.05) is 6.07 Å². The van der Waals surface area contributed by atoms with Gasteiger partial charge in [0.15, 0.2) is 0 Å². The van der Waals surface area contributed by atoms with Crippen LogP contribution in [0, 0.1) is 17.2 Å². The number of fused-ring (bicyclic) bond motifs is 4. The fraction of sp³-hybridized carbons (Fsp3) is 0.647. The first-order valence-electron chi connectivity index (χ1n) is 8.17. The molecule has 1 aromatic heterocycles. The van der Waals surface area contributed by atoms with Crippen LogP contribution in [0.5, 0.6) is 5.88 Å². The largest absolute Gasteiger partial charge is 0.480 e. The maximum absolute atomic E-state index is 9.52. The summed E-state index contributed by atoms with van der Waals surface area (Å²) >= 11 is 0. The molecule has 3 aliphatic heterocycles. The van der Waals surface area contributed by atoms with Crippen LogP contribution in [0.2, 0.25) is 0 Å². The van der Waals surface area contributed by atoms with Crippen molar-refractivity contribution in [3.8, 4) is 11.9 Å². The Hall–Kier alpha value is -1.84. The van der Waals surface area contributed by atoms with Crippen molar-refractivity contribution in [2.24, 2.45) is 5.92 Å². The number of piperidine rings is 1. The van der Waals surface area contributed by atoms with Crippen LogP contribution in [0.1, 0.15) is 18.4 Å². The molecule has 3 fully saturated rings. The summed E-state index contributed by atoms with van der Waals surface area (Å²) in [6.45, 7) is 4.81. The van der Waals surface area contributed by atoms with E-state index in [-0.39, 0.29) is 0 Å². The standard InChI is InChI=1S/C17H24N4O2/c1-22-8-7-20-10-13-3-4-14(20)12-21(11-13)16-5-6-19-17(23-2)15(16)9-18/h5-6,13-14H,3-4,7-8,10-12H2,1-2H3/t13-,14-/m0/s1. The molecule has 6 heteroatoms. The molecule has 0 radical (unpaired) electrons. The predicted octanol–water partition coefficient (Wildman–Crippen LogP) is 1.51. The van der Waals surface area contributed by atoms with E-state index >= 15 is 0 Å². The molecule has 0 aromatic carbocycles. The molecule has 124 valence electrons. The van der Waals surface area contributed by atoms with Crippen molar-refractivity contribution in [2.45, 2.75) is 18.9 Å². The van der Waals surface area contributed by atoms with Gasteiger partial charge in [-0.2, -0.15) is 5.26 Å². The number of rotatable bonds is 5. The van der Waals surface area contributed by atoms with Crippen molar-refractivity contribution >= 4 is 5.69 Å². The van der Waals surface area contributed by atoms with E-state index in [1.165, 1.54) is 12.8 Å². The number of aromatic nitrogens is 1. The molecule has 0 N–H and O–H groups in total. The molecule has 2 bridgehead atoms. The molecule has 2 atom stereocenters. The van der Waals surface area contributed by atoms with E-state index in [9.17, 15) is 5.26 Å². The predicted molar refractivity (Wildman–Crippen MR) is 87.7 cm³/mol. The lowest BCUT2D eigenvalue weighted by Gasteiger charge is -2.35. The summed E-state index contributed by atoms with van der Waals surface area (Å²) in [5.74, 6) is 1.05. The zero-order chi connectivity index (χ0) is 16.2. The maximum atomic E-state index is 9.52. The molecule has 3 aliphatic rings. The Morgan fingerprint density at radius 2 is 2.17 bits per heavy atom. The van der Waals surface area contributed by atoms with Crippen LogP contribution < -0.4 is 9.64 Å². The molecule has 6 nitrogen and oxygen atoms in total. The molecular weight excluding hydrogens is 292 g/mol. The summed E-state index contributed by atoms with van der Waals surface area (Å²) < 4.78 is 10.5. The number of nitrogens with zero attached hydrogens (tertiary/aromatic N) is 4. The minimum absolute atomic E-state index is 0.415. The van der Waals surface area contributed by atoms with Crippen LogP contribution in [0.25, 0.3) is 0 Å². The minimum atomic E-state index is 0.415. The lowest BCUT2D eigenvalue weighted by atomic mass is 9.95. The maximum Gasteiger partial charge on any atom is 0.233 e. The SMILES string of the molecule is COCCN1C[C@@H]2CC[C@H]1CN(c1ccnc(OC)c1C#N)C2. The molecular formula is C17H24N4O2. The van der Waals surface area contributed by atoms with Gasteiger partial charge in [-0.15, -0.1) is 0 Å². The molecule has 0 spiro atoms. The highest BCUT2D eigenvalue weighted by molar-refractivity contribution is 5.63. The number of hydrogen-bond donors (Lipinski definition) is 0. The van der Waals surface area contributed by atoms with Crippen molar-refractivity contribution in [2.75, 3.05) is 51.9 Å². The number of pyridine rings is 1. The van der Waals surface area contributed by atoms with Gasteiger partial charge < -0.3 is 14.4 Å². The topological polar surface area (TPSA) is 61.6 Å². The number of ether oxygens (including phenoxy) is 2. The van der Waals surface area contributed by atoms with Crippen LogP contribution >= 0.6 is 0 Å². The average molecular weight is 316 g/mol. The van der Waals surface area contributed by atoms with Crippen molar-refractivity contribution in [3.05, 3.63) is 17.8 Å². The molecule has 0 amide bonds. The summed E-state index contributed by atoms with van der Waals surface area (Å²) in [7, 11) is 3.32. The van der Waals surface area contributed by atoms with Crippen LogP contribution in [0.3, 0.4) is 0 Å². The third kappa shape index (κ3) is 3.26. The first-order chi connectivity index (χ1) is 11.3. The molecule has 0 saturated carbocycles. The fourth-order valence-electron chi connectivity index (χ4n) is 3.81. The zero-order valence-electron chi connectivity index (χ0n) is 13.9. The fourth-order valence-corrected chi connectivity index (χ4v) is 3.81. The Bertz CT molecular complexity index is 586. The Labute approximate surface area is 137 Å². The Balaban J connectivity index is 1.84. The quantitative estimate of drug-likeness (QED) is 0.820. The van der Waals surface area contributed by atoms with Gasteiger partial charge in [0.2, 0.25) is 5.88 Å². The third-order valence-electron chi connectivity index (χ3n) is 4.95. The molecule has 3 saturated heterocycles.